The third kappa shape index (κ3) is 2.45. The zero-order chi connectivity index (χ0) is 19.6. The summed E-state index contributed by atoms with van der Waals surface area (Å²) >= 11 is 1.56. The summed E-state index contributed by atoms with van der Waals surface area (Å²) in [5, 5.41) is 29.2. The maximum absolute atomic E-state index is 12.4. The van der Waals surface area contributed by atoms with Gasteiger partial charge in [0.15, 0.2) is 0 Å². The fourth-order valence-electron chi connectivity index (χ4n) is 4.43. The number of imidazole rings is 1. The Hall–Kier alpha value is -2.23. The average molecular weight is 392 g/mol. The van der Waals surface area contributed by atoms with E-state index in [4.69, 9.17) is 0 Å². The highest BCUT2D eigenvalue weighted by Crippen LogP contribution is 2.47. The summed E-state index contributed by atoms with van der Waals surface area (Å²) in [7, 11) is 0. The van der Waals surface area contributed by atoms with E-state index in [0.717, 1.165) is 15.4 Å². The molecule has 2 aliphatic rings. The minimum absolute atomic E-state index is 0.0371. The number of carboxylic acids is 1. The molecule has 8 nitrogen and oxygen atoms in total. The number of rotatable bonds is 5. The Balaban J connectivity index is 1.71. The molecule has 2 aromatic heterocycles. The van der Waals surface area contributed by atoms with Crippen LogP contribution in [0.3, 0.4) is 0 Å². The molecule has 1 saturated heterocycles. The predicted octanol–water partition coefficient (Wildman–Crippen LogP) is 0.285. The number of aryl methyl sites for hydroxylation is 1. The highest BCUT2D eigenvalue weighted by molar-refractivity contribution is 7.17. The van der Waals surface area contributed by atoms with Gasteiger partial charge in [0, 0.05) is 11.5 Å². The Kier molecular flexibility index (Phi) is 4.13. The largest absolute Gasteiger partial charge is 0.477 e. The van der Waals surface area contributed by atoms with Crippen LogP contribution in [0.25, 0.3) is 4.83 Å². The zero-order valence-corrected chi connectivity index (χ0v) is 16.1. The molecular weight excluding hydrogens is 370 g/mol. The van der Waals surface area contributed by atoms with Crippen molar-refractivity contribution in [3.8, 4) is 0 Å². The number of carboxylic acid groups (broad SMARTS) is 1. The van der Waals surface area contributed by atoms with E-state index in [0.29, 0.717) is 12.1 Å². The number of amides is 1. The molecule has 4 heterocycles. The van der Waals surface area contributed by atoms with E-state index in [1.165, 1.54) is 4.90 Å². The topological polar surface area (TPSA) is 106 Å². The summed E-state index contributed by atoms with van der Waals surface area (Å²) in [5.41, 5.74) is 1.53. The summed E-state index contributed by atoms with van der Waals surface area (Å²) in [6, 6.07) is -0.307. The van der Waals surface area contributed by atoms with Crippen LogP contribution in [0, 0.1) is 18.8 Å². The molecule has 144 valence electrons. The number of aliphatic hydroxyl groups is 2. The number of aliphatic carboxylic acids is 1. The number of β-lactam (4-membered cyclic amide) rings is 1. The lowest BCUT2D eigenvalue weighted by Crippen LogP contribution is -2.63. The van der Waals surface area contributed by atoms with E-state index in [2.05, 4.69) is 0 Å². The van der Waals surface area contributed by atoms with Crippen molar-refractivity contribution in [1.82, 2.24) is 9.30 Å². The van der Waals surface area contributed by atoms with E-state index in [1.54, 1.807) is 18.3 Å². The summed E-state index contributed by atoms with van der Waals surface area (Å²) in [5.74, 6) is -2.16. The molecule has 4 rings (SSSR count). The molecule has 0 saturated carbocycles. The molecule has 1 fully saturated rings. The molecule has 27 heavy (non-hydrogen) atoms. The molecule has 0 aliphatic carbocycles. The van der Waals surface area contributed by atoms with Gasteiger partial charge in [-0.25, -0.2) is 9.36 Å². The summed E-state index contributed by atoms with van der Waals surface area (Å²) < 4.78 is 3.78. The summed E-state index contributed by atoms with van der Waals surface area (Å²) in [4.78, 5) is 27.6. The van der Waals surface area contributed by atoms with Crippen LogP contribution in [0.2, 0.25) is 0 Å². The Morgan fingerprint density at radius 3 is 2.74 bits per heavy atom. The van der Waals surface area contributed by atoms with Crippen LogP contribution in [0.15, 0.2) is 23.8 Å². The first-order valence-corrected chi connectivity index (χ1v) is 9.65. The minimum atomic E-state index is -1.12. The number of fused-ring (bicyclic) bond motifs is 2. The van der Waals surface area contributed by atoms with Crippen LogP contribution < -0.4 is 4.57 Å². The highest BCUT2D eigenvalue weighted by Gasteiger charge is 2.60. The quantitative estimate of drug-likeness (QED) is 0.501. The highest BCUT2D eigenvalue weighted by atomic mass is 32.1. The van der Waals surface area contributed by atoms with Gasteiger partial charge in [-0.3, -0.25) is 4.79 Å². The first-order valence-electron chi connectivity index (χ1n) is 8.84. The van der Waals surface area contributed by atoms with Gasteiger partial charge >= 0.3 is 5.97 Å². The van der Waals surface area contributed by atoms with Crippen LogP contribution in [-0.2, 0) is 22.7 Å². The Morgan fingerprint density at radius 2 is 2.15 bits per heavy atom. The van der Waals surface area contributed by atoms with Crippen LogP contribution in [0.1, 0.15) is 24.4 Å². The van der Waals surface area contributed by atoms with Gasteiger partial charge in [-0.15, -0.1) is 0 Å². The molecule has 0 unspecified atom stereocenters. The first-order chi connectivity index (χ1) is 12.8. The number of thiazole rings is 1. The molecule has 0 spiro atoms. The first kappa shape index (κ1) is 18.1. The number of aromatic nitrogens is 2. The predicted molar refractivity (Wildman–Crippen MR) is 95.8 cm³/mol. The van der Waals surface area contributed by atoms with Gasteiger partial charge in [0.05, 0.1) is 22.9 Å². The molecule has 0 aromatic carbocycles. The van der Waals surface area contributed by atoms with E-state index in [1.807, 2.05) is 35.3 Å². The van der Waals surface area contributed by atoms with Crippen molar-refractivity contribution in [3.63, 3.8) is 0 Å². The van der Waals surface area contributed by atoms with Gasteiger partial charge < -0.3 is 20.2 Å². The third-order valence-electron chi connectivity index (χ3n) is 5.75. The van der Waals surface area contributed by atoms with Crippen LogP contribution in [0.4, 0.5) is 0 Å². The summed E-state index contributed by atoms with van der Waals surface area (Å²) in [6.07, 6.45) is 2.95. The zero-order valence-electron chi connectivity index (χ0n) is 15.3. The van der Waals surface area contributed by atoms with Crippen molar-refractivity contribution in [1.29, 1.82) is 0 Å². The van der Waals surface area contributed by atoms with Gasteiger partial charge in [-0.05, 0) is 13.8 Å². The van der Waals surface area contributed by atoms with Gasteiger partial charge in [0.1, 0.15) is 30.7 Å². The van der Waals surface area contributed by atoms with Crippen molar-refractivity contribution >= 4 is 28.0 Å². The van der Waals surface area contributed by atoms with E-state index >= 15 is 0 Å². The fourth-order valence-corrected chi connectivity index (χ4v) is 5.47. The van der Waals surface area contributed by atoms with E-state index in [-0.39, 0.29) is 30.2 Å². The maximum Gasteiger partial charge on any atom is 0.352 e. The summed E-state index contributed by atoms with van der Waals surface area (Å²) in [6.45, 7) is 5.70. The lowest BCUT2D eigenvalue weighted by atomic mass is 9.78. The van der Waals surface area contributed by atoms with E-state index in [9.17, 15) is 24.9 Å². The van der Waals surface area contributed by atoms with Gasteiger partial charge in [0.2, 0.25) is 17.1 Å². The smallest absolute Gasteiger partial charge is 0.352 e. The fraction of sp³-hybridized carbons (Fsp3) is 0.500. The Bertz CT molecular complexity index is 989. The third-order valence-corrected chi connectivity index (χ3v) is 6.81. The molecule has 2 aromatic rings. The van der Waals surface area contributed by atoms with Crippen LogP contribution >= 0.6 is 11.3 Å². The van der Waals surface area contributed by atoms with Crippen molar-refractivity contribution in [3.05, 3.63) is 34.4 Å². The van der Waals surface area contributed by atoms with Crippen molar-refractivity contribution in [2.45, 2.75) is 46.1 Å². The standard InChI is InChI=1S/C18H21N3O5S/c1-8-11(4-19-5-13-20(7-19)12(6-22)10(3)27-13)16(18(25)26)21-15(8)14(9(2)23)17(21)24/h5,7-9,14-15,22-23H,4,6H2,1-3H3/p+1/t8-,9+,14+,15+/m0/s1. The van der Waals surface area contributed by atoms with Crippen molar-refractivity contribution in [2.75, 3.05) is 0 Å². The molecular formula is C18H22N3O5S+. The second kappa shape index (κ2) is 6.15. The van der Waals surface area contributed by atoms with Gasteiger partial charge in [0.25, 0.3) is 0 Å². The second-order valence-corrected chi connectivity index (χ2v) is 8.56. The van der Waals surface area contributed by atoms with Gasteiger partial charge in [-0.2, -0.15) is 4.40 Å². The van der Waals surface area contributed by atoms with Gasteiger partial charge in [-0.1, -0.05) is 18.3 Å². The number of hydrogen-bond donors (Lipinski definition) is 3. The lowest BCUT2D eigenvalue weighted by Gasteiger charge is -2.46. The number of carbonyl (C=O) groups excluding carboxylic acids is 1. The monoisotopic (exact) mass is 392 g/mol. The molecule has 1 amide bonds. The van der Waals surface area contributed by atoms with Crippen LogP contribution in [-0.4, -0.2) is 48.6 Å². The molecule has 2 aliphatic heterocycles. The van der Waals surface area contributed by atoms with E-state index < -0.39 is 18.0 Å². The number of hydrogen-bond acceptors (Lipinski definition) is 5. The van der Waals surface area contributed by atoms with Crippen molar-refractivity contribution in [2.24, 2.45) is 11.8 Å². The molecule has 0 radical (unpaired) electrons. The Morgan fingerprint density at radius 1 is 1.44 bits per heavy atom. The normalized spacial score (nSPS) is 25.9. The number of aliphatic hydroxyl groups excluding tert-OH is 2. The molecule has 0 bridgehead atoms. The maximum atomic E-state index is 12.4. The SMILES string of the molecule is Cc1sc2c[n+](CC3=C(C(=O)O)N4C(=O)[C@H]([C@@H](C)O)[C@H]4[C@H]3C)cn2c1CO. The van der Waals surface area contributed by atoms with Crippen molar-refractivity contribution < 1.29 is 29.5 Å². The van der Waals surface area contributed by atoms with Crippen LogP contribution in [0.5, 0.6) is 0 Å². The molecule has 4 atom stereocenters. The minimum Gasteiger partial charge on any atom is -0.477 e. The number of carbonyl (C=O) groups is 2. The second-order valence-electron chi connectivity index (χ2n) is 7.32. The average Bonchev–Trinajstić information content (AvgIpc) is 3.16. The number of nitrogens with zero attached hydrogens (tertiary/aromatic N) is 3. The lowest BCUT2D eigenvalue weighted by molar-refractivity contribution is -0.688. The Labute approximate surface area is 159 Å². The molecule has 9 heteroatoms. The molecule has 3 N–H and O–H groups in total.